The number of nitrogens with one attached hydrogen (secondary N) is 1. The number of nitrogens with zero attached hydrogens (tertiary/aromatic N) is 1. The molecule has 0 aliphatic carbocycles. The SMILES string of the molecule is C=C(NCC(C)(C)C(=C)O)c1ncc(-c2cccc3ccccc23)cc1C. The highest BCUT2D eigenvalue weighted by molar-refractivity contribution is 5.96. The van der Waals surface area contributed by atoms with Crippen molar-refractivity contribution in [3.8, 4) is 11.1 Å². The molecule has 0 aliphatic rings. The van der Waals surface area contributed by atoms with E-state index in [1.54, 1.807) is 0 Å². The Kier molecular flexibility index (Phi) is 5.04. The molecule has 0 amide bonds. The third-order valence-electron chi connectivity index (χ3n) is 4.99. The summed E-state index contributed by atoms with van der Waals surface area (Å²) in [5.74, 6) is 0.152. The van der Waals surface area contributed by atoms with E-state index >= 15 is 0 Å². The Bertz CT molecular complexity index is 1010. The van der Waals surface area contributed by atoms with Gasteiger partial charge >= 0.3 is 0 Å². The number of rotatable bonds is 6. The van der Waals surface area contributed by atoms with Crippen molar-refractivity contribution < 1.29 is 5.11 Å². The molecule has 0 fully saturated rings. The normalized spacial score (nSPS) is 11.4. The van der Waals surface area contributed by atoms with E-state index in [1.165, 1.54) is 16.3 Å². The number of benzene rings is 2. The Morgan fingerprint density at radius 3 is 2.52 bits per heavy atom. The molecule has 1 aromatic heterocycles. The summed E-state index contributed by atoms with van der Waals surface area (Å²) in [4.78, 5) is 4.66. The van der Waals surface area contributed by atoms with Gasteiger partial charge in [-0.1, -0.05) is 69.5 Å². The van der Waals surface area contributed by atoms with Gasteiger partial charge in [0.1, 0.15) is 0 Å². The van der Waals surface area contributed by atoms with Gasteiger partial charge < -0.3 is 10.4 Å². The van der Waals surface area contributed by atoms with Crippen molar-refractivity contribution in [1.29, 1.82) is 0 Å². The molecule has 138 valence electrons. The van der Waals surface area contributed by atoms with Crippen LogP contribution in [-0.2, 0) is 0 Å². The number of aliphatic hydroxyl groups is 1. The molecule has 0 saturated heterocycles. The first-order chi connectivity index (χ1) is 12.8. The molecule has 0 aliphatic heterocycles. The molecule has 3 rings (SSSR count). The van der Waals surface area contributed by atoms with Crippen LogP contribution in [0.4, 0.5) is 0 Å². The molecule has 3 heteroatoms. The average Bonchev–Trinajstić information content (AvgIpc) is 2.65. The minimum Gasteiger partial charge on any atom is -0.512 e. The van der Waals surface area contributed by atoms with E-state index in [9.17, 15) is 5.11 Å². The number of hydrogen-bond acceptors (Lipinski definition) is 3. The van der Waals surface area contributed by atoms with Gasteiger partial charge in [0.25, 0.3) is 0 Å². The second kappa shape index (κ2) is 7.28. The van der Waals surface area contributed by atoms with E-state index in [2.05, 4.69) is 72.0 Å². The molecule has 0 unspecified atom stereocenters. The lowest BCUT2D eigenvalue weighted by molar-refractivity contribution is 0.259. The first kappa shape index (κ1) is 18.7. The van der Waals surface area contributed by atoms with E-state index in [-0.39, 0.29) is 5.76 Å². The van der Waals surface area contributed by atoms with Crippen molar-refractivity contribution in [2.45, 2.75) is 20.8 Å². The Morgan fingerprint density at radius 2 is 1.81 bits per heavy atom. The van der Waals surface area contributed by atoms with Gasteiger partial charge in [-0.3, -0.25) is 4.98 Å². The van der Waals surface area contributed by atoms with Gasteiger partial charge in [-0.2, -0.15) is 0 Å². The van der Waals surface area contributed by atoms with Gasteiger partial charge in [0, 0.05) is 23.7 Å². The van der Waals surface area contributed by atoms with Crippen LogP contribution in [0.1, 0.15) is 25.1 Å². The van der Waals surface area contributed by atoms with Crippen molar-refractivity contribution in [2.24, 2.45) is 5.41 Å². The van der Waals surface area contributed by atoms with Crippen LogP contribution in [-0.4, -0.2) is 16.6 Å². The summed E-state index contributed by atoms with van der Waals surface area (Å²) in [6.07, 6.45) is 1.90. The molecule has 0 spiro atoms. The first-order valence-electron chi connectivity index (χ1n) is 9.06. The lowest BCUT2D eigenvalue weighted by Gasteiger charge is -2.25. The fourth-order valence-corrected chi connectivity index (χ4v) is 3.03. The second-order valence-corrected chi connectivity index (χ2v) is 7.58. The van der Waals surface area contributed by atoms with Crippen molar-refractivity contribution in [2.75, 3.05) is 6.54 Å². The number of pyridine rings is 1. The molecule has 0 radical (unpaired) electrons. The van der Waals surface area contributed by atoms with E-state index in [0.29, 0.717) is 6.54 Å². The van der Waals surface area contributed by atoms with Crippen molar-refractivity contribution in [3.05, 3.63) is 84.9 Å². The molecule has 3 aromatic rings. The van der Waals surface area contributed by atoms with Gasteiger partial charge in [-0.25, -0.2) is 0 Å². The number of fused-ring (bicyclic) bond motifs is 1. The zero-order valence-corrected chi connectivity index (χ0v) is 16.2. The van der Waals surface area contributed by atoms with Crippen LogP contribution in [0.5, 0.6) is 0 Å². The number of aryl methyl sites for hydroxylation is 1. The maximum atomic E-state index is 9.69. The monoisotopic (exact) mass is 358 g/mol. The highest BCUT2D eigenvalue weighted by atomic mass is 16.3. The van der Waals surface area contributed by atoms with E-state index in [4.69, 9.17) is 0 Å². The van der Waals surface area contributed by atoms with Crippen LogP contribution in [0.3, 0.4) is 0 Å². The summed E-state index contributed by atoms with van der Waals surface area (Å²) in [5.41, 5.74) is 4.46. The second-order valence-electron chi connectivity index (χ2n) is 7.58. The molecular weight excluding hydrogens is 332 g/mol. The Hall–Kier alpha value is -3.07. The summed E-state index contributed by atoms with van der Waals surface area (Å²) in [6, 6.07) is 16.8. The largest absolute Gasteiger partial charge is 0.512 e. The predicted octanol–water partition coefficient (Wildman–Crippen LogP) is 5.87. The van der Waals surface area contributed by atoms with Crippen LogP contribution in [0.25, 0.3) is 27.6 Å². The summed E-state index contributed by atoms with van der Waals surface area (Å²) in [6.45, 7) is 14.2. The first-order valence-corrected chi connectivity index (χ1v) is 9.06. The quantitative estimate of drug-likeness (QED) is 0.542. The highest BCUT2D eigenvalue weighted by Crippen LogP contribution is 2.30. The minimum absolute atomic E-state index is 0.152. The lowest BCUT2D eigenvalue weighted by atomic mass is 9.91. The molecule has 0 saturated carbocycles. The fourth-order valence-electron chi connectivity index (χ4n) is 3.03. The van der Waals surface area contributed by atoms with Crippen molar-refractivity contribution in [1.82, 2.24) is 10.3 Å². The van der Waals surface area contributed by atoms with Crippen LogP contribution in [0.15, 0.2) is 73.6 Å². The number of hydrogen-bond donors (Lipinski definition) is 2. The van der Waals surface area contributed by atoms with Crippen molar-refractivity contribution >= 4 is 16.5 Å². The van der Waals surface area contributed by atoms with E-state index in [1.807, 2.05) is 27.0 Å². The summed E-state index contributed by atoms with van der Waals surface area (Å²) >= 11 is 0. The van der Waals surface area contributed by atoms with Gasteiger partial charge in [0.2, 0.25) is 0 Å². The molecule has 2 N–H and O–H groups in total. The molecule has 3 nitrogen and oxygen atoms in total. The van der Waals surface area contributed by atoms with E-state index < -0.39 is 5.41 Å². The zero-order valence-electron chi connectivity index (χ0n) is 16.2. The van der Waals surface area contributed by atoms with E-state index in [0.717, 1.165) is 22.5 Å². The molecular formula is C24H26N2O. The van der Waals surface area contributed by atoms with Crippen LogP contribution in [0, 0.1) is 12.3 Å². The molecule has 0 bridgehead atoms. The third-order valence-corrected chi connectivity index (χ3v) is 4.99. The minimum atomic E-state index is -0.431. The summed E-state index contributed by atoms with van der Waals surface area (Å²) in [5, 5.41) is 15.4. The highest BCUT2D eigenvalue weighted by Gasteiger charge is 2.22. The van der Waals surface area contributed by atoms with Crippen LogP contribution >= 0.6 is 0 Å². The van der Waals surface area contributed by atoms with Crippen LogP contribution < -0.4 is 5.32 Å². The smallest absolute Gasteiger partial charge is 0.0924 e. The van der Waals surface area contributed by atoms with Gasteiger partial charge in [-0.05, 0) is 34.9 Å². The lowest BCUT2D eigenvalue weighted by Crippen LogP contribution is -2.30. The molecule has 0 atom stereocenters. The van der Waals surface area contributed by atoms with Crippen molar-refractivity contribution in [3.63, 3.8) is 0 Å². The Morgan fingerprint density at radius 1 is 1.11 bits per heavy atom. The predicted molar refractivity (Wildman–Crippen MR) is 115 cm³/mol. The topological polar surface area (TPSA) is 45.1 Å². The summed E-state index contributed by atoms with van der Waals surface area (Å²) in [7, 11) is 0. The van der Waals surface area contributed by atoms with Gasteiger partial charge in [0.05, 0.1) is 17.2 Å². The Labute approximate surface area is 161 Å². The van der Waals surface area contributed by atoms with Crippen LogP contribution in [0.2, 0.25) is 0 Å². The average molecular weight is 358 g/mol. The molecule has 1 heterocycles. The zero-order chi connectivity index (χ0) is 19.6. The standard InChI is InChI=1S/C24H26N2O/c1-16-13-20(22-12-8-10-19-9-6-7-11-21(19)22)14-25-23(16)17(2)26-15-24(4,5)18(3)27/h6-14,26-27H,2-3,15H2,1,4-5H3. The maximum absolute atomic E-state index is 9.69. The van der Waals surface area contributed by atoms with Gasteiger partial charge in [-0.15, -0.1) is 0 Å². The van der Waals surface area contributed by atoms with Gasteiger partial charge in [0.15, 0.2) is 0 Å². The maximum Gasteiger partial charge on any atom is 0.0924 e. The fraction of sp³-hybridized carbons (Fsp3) is 0.208. The Balaban J connectivity index is 1.88. The summed E-state index contributed by atoms with van der Waals surface area (Å²) < 4.78 is 0. The molecule has 2 aromatic carbocycles. The number of aliphatic hydroxyl groups excluding tert-OH is 1. The number of aromatic nitrogens is 1. The third kappa shape index (κ3) is 3.87. The molecule has 27 heavy (non-hydrogen) atoms.